The van der Waals surface area contributed by atoms with E-state index in [1.54, 1.807) is 0 Å². The van der Waals surface area contributed by atoms with Crippen molar-refractivity contribution in [2.75, 3.05) is 20.1 Å². The van der Waals surface area contributed by atoms with Gasteiger partial charge in [0.25, 0.3) is 0 Å². The summed E-state index contributed by atoms with van der Waals surface area (Å²) in [5.41, 5.74) is 4.99. The van der Waals surface area contributed by atoms with Gasteiger partial charge in [-0.3, -0.25) is 0 Å². The van der Waals surface area contributed by atoms with Crippen molar-refractivity contribution < 1.29 is 5.11 Å². The SMILES string of the molecule is CCC(O)(CN)CCCN(C)C1CCC(C)CC1. The van der Waals surface area contributed by atoms with Crippen LogP contribution in [0.1, 0.15) is 58.8 Å². The number of rotatable bonds is 7. The van der Waals surface area contributed by atoms with Crippen LogP contribution in [0.25, 0.3) is 0 Å². The minimum absolute atomic E-state index is 0.383. The molecule has 1 unspecified atom stereocenters. The summed E-state index contributed by atoms with van der Waals surface area (Å²) in [6.45, 7) is 5.84. The zero-order valence-corrected chi connectivity index (χ0v) is 12.5. The Balaban J connectivity index is 2.22. The summed E-state index contributed by atoms with van der Waals surface area (Å²) < 4.78 is 0. The molecule has 1 aliphatic rings. The summed E-state index contributed by atoms with van der Waals surface area (Å²) >= 11 is 0. The molecule has 0 aromatic rings. The van der Waals surface area contributed by atoms with E-state index < -0.39 is 5.60 Å². The average molecular weight is 256 g/mol. The van der Waals surface area contributed by atoms with Crippen molar-refractivity contribution in [3.05, 3.63) is 0 Å². The van der Waals surface area contributed by atoms with Crippen LogP contribution < -0.4 is 5.73 Å². The lowest BCUT2D eigenvalue weighted by Crippen LogP contribution is -2.39. The van der Waals surface area contributed by atoms with Crippen LogP contribution >= 0.6 is 0 Å². The minimum Gasteiger partial charge on any atom is -0.389 e. The minimum atomic E-state index is -0.637. The Bertz CT molecular complexity index is 221. The molecule has 0 aliphatic heterocycles. The van der Waals surface area contributed by atoms with Gasteiger partial charge in [-0.2, -0.15) is 0 Å². The first-order chi connectivity index (χ1) is 8.50. The van der Waals surface area contributed by atoms with Crippen LogP contribution in [-0.4, -0.2) is 41.8 Å². The van der Waals surface area contributed by atoms with Crippen LogP contribution in [0.4, 0.5) is 0 Å². The number of nitrogens with two attached hydrogens (primary N) is 1. The van der Waals surface area contributed by atoms with E-state index in [-0.39, 0.29) is 0 Å². The molecule has 0 heterocycles. The molecule has 1 rings (SSSR count). The Labute approximate surface area is 113 Å². The molecule has 0 saturated heterocycles. The van der Waals surface area contributed by atoms with Crippen molar-refractivity contribution >= 4 is 0 Å². The lowest BCUT2D eigenvalue weighted by Gasteiger charge is -2.34. The summed E-state index contributed by atoms with van der Waals surface area (Å²) in [6.07, 6.45) is 8.05. The molecule has 0 amide bonds. The summed E-state index contributed by atoms with van der Waals surface area (Å²) in [5.74, 6) is 0.914. The summed E-state index contributed by atoms with van der Waals surface area (Å²) in [4.78, 5) is 2.48. The molecular weight excluding hydrogens is 224 g/mol. The standard InChI is InChI=1S/C15H32N2O/c1-4-15(18,12-16)10-5-11-17(3)14-8-6-13(2)7-9-14/h13-14,18H,4-12,16H2,1-3H3. The summed E-state index contributed by atoms with van der Waals surface area (Å²) in [6, 6.07) is 0.758. The van der Waals surface area contributed by atoms with Crippen LogP contribution in [0.15, 0.2) is 0 Å². The van der Waals surface area contributed by atoms with Crippen molar-refractivity contribution in [1.82, 2.24) is 4.90 Å². The molecule has 0 spiro atoms. The lowest BCUT2D eigenvalue weighted by atomic mass is 9.86. The summed E-state index contributed by atoms with van der Waals surface area (Å²) in [7, 11) is 2.23. The van der Waals surface area contributed by atoms with E-state index >= 15 is 0 Å². The molecule has 0 aromatic heterocycles. The maximum Gasteiger partial charge on any atom is 0.0767 e. The largest absolute Gasteiger partial charge is 0.389 e. The first-order valence-corrected chi connectivity index (χ1v) is 7.63. The van der Waals surface area contributed by atoms with E-state index in [9.17, 15) is 5.11 Å². The Morgan fingerprint density at radius 1 is 1.28 bits per heavy atom. The second kappa shape index (κ2) is 7.46. The Hall–Kier alpha value is -0.120. The Morgan fingerprint density at radius 2 is 1.89 bits per heavy atom. The normalized spacial score (nSPS) is 28.3. The molecule has 1 atom stereocenters. The number of nitrogens with zero attached hydrogens (tertiary/aromatic N) is 1. The van der Waals surface area contributed by atoms with Gasteiger partial charge >= 0.3 is 0 Å². The van der Waals surface area contributed by atoms with Gasteiger partial charge in [-0.05, 0) is 64.5 Å². The molecule has 108 valence electrons. The smallest absolute Gasteiger partial charge is 0.0767 e. The average Bonchev–Trinajstić information content (AvgIpc) is 2.39. The maximum atomic E-state index is 10.1. The van der Waals surface area contributed by atoms with Gasteiger partial charge in [0.2, 0.25) is 0 Å². The highest BCUT2D eigenvalue weighted by atomic mass is 16.3. The molecule has 0 radical (unpaired) electrons. The highest BCUT2D eigenvalue weighted by molar-refractivity contribution is 4.80. The second-order valence-corrected chi connectivity index (χ2v) is 6.28. The van der Waals surface area contributed by atoms with Crippen molar-refractivity contribution in [3.8, 4) is 0 Å². The van der Waals surface area contributed by atoms with Crippen molar-refractivity contribution in [2.24, 2.45) is 11.7 Å². The third kappa shape index (κ3) is 4.87. The highest BCUT2D eigenvalue weighted by Gasteiger charge is 2.24. The Kier molecular flexibility index (Phi) is 6.61. The van der Waals surface area contributed by atoms with E-state index in [2.05, 4.69) is 18.9 Å². The molecule has 1 fully saturated rings. The van der Waals surface area contributed by atoms with Crippen LogP contribution in [-0.2, 0) is 0 Å². The van der Waals surface area contributed by atoms with Gasteiger partial charge in [0, 0.05) is 12.6 Å². The summed E-state index contributed by atoms with van der Waals surface area (Å²) in [5, 5.41) is 10.1. The van der Waals surface area contributed by atoms with Gasteiger partial charge < -0.3 is 15.7 Å². The van der Waals surface area contributed by atoms with Crippen LogP contribution in [0, 0.1) is 5.92 Å². The van der Waals surface area contributed by atoms with E-state index in [4.69, 9.17) is 5.73 Å². The highest BCUT2D eigenvalue weighted by Crippen LogP contribution is 2.26. The zero-order valence-electron chi connectivity index (χ0n) is 12.5. The molecule has 3 heteroatoms. The fourth-order valence-corrected chi connectivity index (χ4v) is 2.95. The van der Waals surface area contributed by atoms with E-state index in [1.165, 1.54) is 25.7 Å². The molecule has 0 bridgehead atoms. The quantitative estimate of drug-likeness (QED) is 0.735. The molecular formula is C15H32N2O. The maximum absolute atomic E-state index is 10.1. The van der Waals surface area contributed by atoms with Crippen LogP contribution in [0.2, 0.25) is 0 Å². The third-order valence-corrected chi connectivity index (χ3v) is 4.80. The molecule has 0 aromatic carbocycles. The number of aliphatic hydroxyl groups is 1. The van der Waals surface area contributed by atoms with E-state index in [0.29, 0.717) is 6.54 Å². The lowest BCUT2D eigenvalue weighted by molar-refractivity contribution is 0.0303. The van der Waals surface area contributed by atoms with E-state index in [0.717, 1.165) is 37.8 Å². The third-order valence-electron chi connectivity index (χ3n) is 4.80. The number of hydrogen-bond donors (Lipinski definition) is 2. The predicted molar refractivity (Wildman–Crippen MR) is 77.6 cm³/mol. The van der Waals surface area contributed by atoms with Crippen molar-refractivity contribution in [3.63, 3.8) is 0 Å². The topological polar surface area (TPSA) is 49.5 Å². The number of hydrogen-bond acceptors (Lipinski definition) is 3. The second-order valence-electron chi connectivity index (χ2n) is 6.28. The molecule has 3 nitrogen and oxygen atoms in total. The molecule has 1 aliphatic carbocycles. The van der Waals surface area contributed by atoms with Gasteiger partial charge in [-0.15, -0.1) is 0 Å². The van der Waals surface area contributed by atoms with Crippen molar-refractivity contribution in [2.45, 2.75) is 70.4 Å². The molecule has 1 saturated carbocycles. The van der Waals surface area contributed by atoms with Gasteiger partial charge in [-0.25, -0.2) is 0 Å². The molecule has 3 N–H and O–H groups in total. The first kappa shape index (κ1) is 15.9. The first-order valence-electron chi connectivity index (χ1n) is 7.63. The van der Waals surface area contributed by atoms with Gasteiger partial charge in [0.05, 0.1) is 5.60 Å². The zero-order chi connectivity index (χ0) is 13.6. The van der Waals surface area contributed by atoms with Crippen LogP contribution in [0.5, 0.6) is 0 Å². The van der Waals surface area contributed by atoms with E-state index in [1.807, 2.05) is 6.92 Å². The van der Waals surface area contributed by atoms with Gasteiger partial charge in [0.1, 0.15) is 0 Å². The fourth-order valence-electron chi connectivity index (χ4n) is 2.95. The fraction of sp³-hybridized carbons (Fsp3) is 1.00. The molecule has 18 heavy (non-hydrogen) atoms. The Morgan fingerprint density at radius 3 is 2.39 bits per heavy atom. The van der Waals surface area contributed by atoms with Gasteiger partial charge in [-0.1, -0.05) is 13.8 Å². The predicted octanol–water partition coefficient (Wildman–Crippen LogP) is 2.38. The van der Waals surface area contributed by atoms with Gasteiger partial charge in [0.15, 0.2) is 0 Å². The van der Waals surface area contributed by atoms with Crippen LogP contribution in [0.3, 0.4) is 0 Å². The van der Waals surface area contributed by atoms with Crippen molar-refractivity contribution in [1.29, 1.82) is 0 Å². The monoisotopic (exact) mass is 256 g/mol.